The standard InChI is InChI=1S/C21H34O3/c1-5-14-6-8-16-15-7-9-18(22)20(3,12-13-21(4,23)24)17(15)10-11-19(14,16)2/h5,14-17,23-24H,1,6-13H2,2-4H3/t14-,15?,16?,17?,19+,20+/m1/s1. The van der Waals surface area contributed by atoms with Gasteiger partial charge in [0.25, 0.3) is 0 Å². The average molecular weight is 335 g/mol. The first-order valence-electron chi connectivity index (χ1n) is 9.72. The van der Waals surface area contributed by atoms with Gasteiger partial charge in [0.2, 0.25) is 0 Å². The van der Waals surface area contributed by atoms with Crippen LogP contribution in [0.3, 0.4) is 0 Å². The van der Waals surface area contributed by atoms with E-state index in [0.29, 0.717) is 47.7 Å². The fourth-order valence-electron chi connectivity index (χ4n) is 6.52. The van der Waals surface area contributed by atoms with E-state index in [1.54, 1.807) is 0 Å². The Morgan fingerprint density at radius 2 is 1.92 bits per heavy atom. The summed E-state index contributed by atoms with van der Waals surface area (Å²) in [6, 6.07) is 0. The summed E-state index contributed by atoms with van der Waals surface area (Å²) < 4.78 is 0. The number of fused-ring (bicyclic) bond motifs is 3. The molecule has 0 aliphatic heterocycles. The molecule has 6 atom stereocenters. The van der Waals surface area contributed by atoms with Crippen LogP contribution in [0.1, 0.15) is 72.1 Å². The lowest BCUT2D eigenvalue weighted by Gasteiger charge is -2.56. The van der Waals surface area contributed by atoms with Gasteiger partial charge < -0.3 is 10.2 Å². The second kappa shape index (κ2) is 5.95. The first-order valence-corrected chi connectivity index (χ1v) is 9.72. The maximum absolute atomic E-state index is 12.8. The number of allylic oxidation sites excluding steroid dienone is 1. The van der Waals surface area contributed by atoms with Crippen molar-refractivity contribution in [1.29, 1.82) is 0 Å². The predicted octanol–water partition coefficient (Wildman–Crippen LogP) is 4.08. The first kappa shape index (κ1) is 18.1. The van der Waals surface area contributed by atoms with Crippen LogP contribution >= 0.6 is 0 Å². The Bertz CT molecular complexity index is 520. The van der Waals surface area contributed by atoms with Crippen LogP contribution in [0, 0.1) is 34.5 Å². The van der Waals surface area contributed by atoms with Crippen LogP contribution in [0.5, 0.6) is 0 Å². The molecule has 0 spiro atoms. The molecular formula is C21H34O3. The minimum Gasteiger partial charge on any atom is -0.366 e. The average Bonchev–Trinajstić information content (AvgIpc) is 2.85. The van der Waals surface area contributed by atoms with Gasteiger partial charge in [0.15, 0.2) is 5.79 Å². The van der Waals surface area contributed by atoms with Crippen molar-refractivity contribution >= 4 is 5.78 Å². The Balaban J connectivity index is 1.85. The highest BCUT2D eigenvalue weighted by atomic mass is 16.5. The molecule has 0 heterocycles. The van der Waals surface area contributed by atoms with E-state index in [2.05, 4.69) is 26.5 Å². The second-order valence-corrected chi connectivity index (χ2v) is 9.44. The largest absolute Gasteiger partial charge is 0.366 e. The highest BCUT2D eigenvalue weighted by molar-refractivity contribution is 5.85. The third kappa shape index (κ3) is 2.78. The Labute approximate surface area is 146 Å². The maximum atomic E-state index is 12.8. The van der Waals surface area contributed by atoms with Crippen molar-refractivity contribution in [3.8, 4) is 0 Å². The third-order valence-corrected chi connectivity index (χ3v) is 8.07. The smallest absolute Gasteiger partial charge is 0.159 e. The molecule has 0 aromatic heterocycles. The van der Waals surface area contributed by atoms with Gasteiger partial charge in [-0.25, -0.2) is 0 Å². The summed E-state index contributed by atoms with van der Waals surface area (Å²) in [6.45, 7) is 10.0. The van der Waals surface area contributed by atoms with Crippen LogP contribution in [0.4, 0.5) is 0 Å². The second-order valence-electron chi connectivity index (χ2n) is 9.44. The molecule has 3 rings (SSSR count). The van der Waals surface area contributed by atoms with E-state index in [1.807, 2.05) is 0 Å². The molecule has 3 aliphatic rings. The Morgan fingerprint density at radius 1 is 1.21 bits per heavy atom. The van der Waals surface area contributed by atoms with Crippen LogP contribution in [0.15, 0.2) is 12.7 Å². The maximum Gasteiger partial charge on any atom is 0.159 e. The van der Waals surface area contributed by atoms with Crippen LogP contribution in [0.25, 0.3) is 0 Å². The highest BCUT2D eigenvalue weighted by Gasteiger charge is 2.58. The van der Waals surface area contributed by atoms with E-state index >= 15 is 0 Å². The lowest BCUT2D eigenvalue weighted by Crippen LogP contribution is -2.52. The van der Waals surface area contributed by atoms with E-state index in [-0.39, 0.29) is 11.8 Å². The summed E-state index contributed by atoms with van der Waals surface area (Å²) in [5, 5.41) is 19.5. The number of rotatable bonds is 4. The van der Waals surface area contributed by atoms with E-state index in [9.17, 15) is 15.0 Å². The van der Waals surface area contributed by atoms with Gasteiger partial charge in [-0.1, -0.05) is 19.9 Å². The molecule has 0 saturated heterocycles. The van der Waals surface area contributed by atoms with Crippen LogP contribution in [-0.4, -0.2) is 21.8 Å². The Morgan fingerprint density at radius 3 is 2.54 bits per heavy atom. The van der Waals surface area contributed by atoms with Crippen molar-refractivity contribution in [1.82, 2.24) is 0 Å². The number of hydrogen-bond acceptors (Lipinski definition) is 3. The predicted molar refractivity (Wildman–Crippen MR) is 95.2 cm³/mol. The summed E-state index contributed by atoms with van der Waals surface area (Å²) in [6.07, 6.45) is 9.48. The number of carbonyl (C=O) groups excluding carboxylic acids is 1. The normalized spacial score (nSPS) is 45.6. The first-order chi connectivity index (χ1) is 11.1. The molecule has 3 heteroatoms. The molecule has 0 radical (unpaired) electrons. The summed E-state index contributed by atoms with van der Waals surface area (Å²) in [4.78, 5) is 12.8. The van der Waals surface area contributed by atoms with Crippen molar-refractivity contribution in [3.63, 3.8) is 0 Å². The van der Waals surface area contributed by atoms with E-state index in [0.717, 1.165) is 12.8 Å². The molecule has 3 aliphatic carbocycles. The number of carbonyl (C=O) groups is 1. The lowest BCUT2D eigenvalue weighted by atomic mass is 9.48. The van der Waals surface area contributed by atoms with Gasteiger partial charge >= 0.3 is 0 Å². The highest BCUT2D eigenvalue weighted by Crippen LogP contribution is 2.64. The molecule has 0 aromatic rings. The van der Waals surface area contributed by atoms with Crippen molar-refractivity contribution in [3.05, 3.63) is 12.7 Å². The van der Waals surface area contributed by atoms with Crippen molar-refractivity contribution in [2.24, 2.45) is 34.5 Å². The van der Waals surface area contributed by atoms with Crippen LogP contribution < -0.4 is 0 Å². The fraction of sp³-hybridized carbons (Fsp3) is 0.857. The molecular weight excluding hydrogens is 300 g/mol. The molecule has 2 N–H and O–H groups in total. The molecule has 0 amide bonds. The summed E-state index contributed by atoms with van der Waals surface area (Å²) >= 11 is 0. The van der Waals surface area contributed by atoms with E-state index in [4.69, 9.17) is 0 Å². The third-order valence-electron chi connectivity index (χ3n) is 8.07. The summed E-state index contributed by atoms with van der Waals surface area (Å²) in [5.74, 6) is 0.991. The minimum absolute atomic E-state index is 0.273. The zero-order valence-corrected chi connectivity index (χ0v) is 15.6. The molecule has 136 valence electrons. The molecule has 0 bridgehead atoms. The SMILES string of the molecule is C=C[C@@H]1CCC2C3CCC(=O)[C@@](C)(CCC(C)(O)O)C3CC[C@]21C. The molecule has 3 fully saturated rings. The summed E-state index contributed by atoms with van der Waals surface area (Å²) in [7, 11) is 0. The van der Waals surface area contributed by atoms with Gasteiger partial charge in [0, 0.05) is 18.3 Å². The Hall–Kier alpha value is -0.670. The fourth-order valence-corrected chi connectivity index (χ4v) is 6.52. The van der Waals surface area contributed by atoms with Gasteiger partial charge in [-0.3, -0.25) is 4.79 Å². The van der Waals surface area contributed by atoms with Crippen LogP contribution in [-0.2, 0) is 4.79 Å². The Kier molecular flexibility index (Phi) is 4.49. The quantitative estimate of drug-likeness (QED) is 0.601. The molecule has 24 heavy (non-hydrogen) atoms. The zero-order chi connectivity index (χ0) is 17.8. The molecule has 0 aromatic carbocycles. The van der Waals surface area contributed by atoms with Gasteiger partial charge in [0.05, 0.1) is 0 Å². The van der Waals surface area contributed by atoms with Crippen molar-refractivity contribution < 1.29 is 15.0 Å². The number of Topliss-reactive ketones (excluding diaryl/α,β-unsaturated/α-hetero) is 1. The number of hydrogen-bond donors (Lipinski definition) is 2. The minimum atomic E-state index is -1.68. The van der Waals surface area contributed by atoms with E-state index in [1.165, 1.54) is 26.2 Å². The zero-order valence-electron chi connectivity index (χ0n) is 15.6. The molecule has 3 nitrogen and oxygen atoms in total. The number of aliphatic hydroxyl groups is 2. The molecule has 3 saturated carbocycles. The topological polar surface area (TPSA) is 57.5 Å². The van der Waals surface area contributed by atoms with E-state index < -0.39 is 5.79 Å². The van der Waals surface area contributed by atoms with Crippen molar-refractivity contribution in [2.75, 3.05) is 0 Å². The van der Waals surface area contributed by atoms with Gasteiger partial charge in [-0.05, 0) is 74.5 Å². The monoisotopic (exact) mass is 334 g/mol. The van der Waals surface area contributed by atoms with Crippen molar-refractivity contribution in [2.45, 2.75) is 77.9 Å². The molecule has 3 unspecified atom stereocenters. The van der Waals surface area contributed by atoms with Crippen LogP contribution in [0.2, 0.25) is 0 Å². The van der Waals surface area contributed by atoms with Gasteiger partial charge in [0.1, 0.15) is 5.78 Å². The summed E-state index contributed by atoms with van der Waals surface area (Å²) in [5.41, 5.74) is -0.0318. The van der Waals surface area contributed by atoms with Gasteiger partial charge in [-0.2, -0.15) is 0 Å². The number of ketones is 1. The lowest BCUT2D eigenvalue weighted by molar-refractivity contribution is -0.166. The van der Waals surface area contributed by atoms with Gasteiger partial charge in [-0.15, -0.1) is 6.58 Å².